The Hall–Kier alpha value is -1.55. The van der Waals surface area contributed by atoms with E-state index in [2.05, 4.69) is 6.58 Å². The SMILES string of the molecule is C=C/C=C/S(=O)(=O)c1ccc(OC)cc1. The van der Waals surface area contributed by atoms with Crippen LogP contribution in [0.1, 0.15) is 0 Å². The van der Waals surface area contributed by atoms with Crippen molar-refractivity contribution in [2.24, 2.45) is 0 Å². The number of sulfone groups is 1. The van der Waals surface area contributed by atoms with Crippen LogP contribution in [0.2, 0.25) is 0 Å². The van der Waals surface area contributed by atoms with E-state index in [1.807, 2.05) is 0 Å². The molecule has 0 saturated carbocycles. The van der Waals surface area contributed by atoms with Crippen LogP contribution in [0.3, 0.4) is 0 Å². The predicted octanol–water partition coefficient (Wildman–Crippen LogP) is 2.17. The Morgan fingerprint density at radius 1 is 1.27 bits per heavy atom. The van der Waals surface area contributed by atoms with E-state index in [0.717, 1.165) is 5.41 Å². The molecule has 1 aromatic rings. The summed E-state index contributed by atoms with van der Waals surface area (Å²) in [5.41, 5.74) is 0. The summed E-state index contributed by atoms with van der Waals surface area (Å²) in [4.78, 5) is 0.237. The van der Waals surface area contributed by atoms with Crippen LogP contribution in [0.5, 0.6) is 5.75 Å². The van der Waals surface area contributed by atoms with Gasteiger partial charge >= 0.3 is 0 Å². The molecule has 0 fully saturated rings. The smallest absolute Gasteiger partial charge is 0.199 e. The van der Waals surface area contributed by atoms with Gasteiger partial charge in [0.15, 0.2) is 9.84 Å². The van der Waals surface area contributed by atoms with Gasteiger partial charge in [-0.25, -0.2) is 8.42 Å². The van der Waals surface area contributed by atoms with Gasteiger partial charge < -0.3 is 4.74 Å². The third-order valence-corrected chi connectivity index (χ3v) is 3.23. The molecule has 0 atom stereocenters. The van der Waals surface area contributed by atoms with E-state index in [9.17, 15) is 8.42 Å². The van der Waals surface area contributed by atoms with Gasteiger partial charge in [-0.1, -0.05) is 18.7 Å². The average Bonchev–Trinajstić information content (AvgIpc) is 2.26. The molecule has 0 bridgehead atoms. The van der Waals surface area contributed by atoms with Crippen LogP contribution < -0.4 is 4.74 Å². The normalized spacial score (nSPS) is 11.5. The van der Waals surface area contributed by atoms with Crippen molar-refractivity contribution in [3.63, 3.8) is 0 Å². The molecule has 1 rings (SSSR count). The molecule has 0 heterocycles. The van der Waals surface area contributed by atoms with Gasteiger partial charge in [0.25, 0.3) is 0 Å². The molecule has 3 nitrogen and oxygen atoms in total. The molecular weight excluding hydrogens is 212 g/mol. The van der Waals surface area contributed by atoms with Gasteiger partial charge in [0, 0.05) is 5.41 Å². The van der Waals surface area contributed by atoms with Crippen LogP contribution in [0.15, 0.2) is 53.3 Å². The number of hydrogen-bond donors (Lipinski definition) is 0. The van der Waals surface area contributed by atoms with Crippen LogP contribution in [0.25, 0.3) is 0 Å². The second-order valence-electron chi connectivity index (χ2n) is 2.78. The minimum atomic E-state index is -3.35. The first kappa shape index (κ1) is 11.5. The van der Waals surface area contributed by atoms with Gasteiger partial charge in [0.2, 0.25) is 0 Å². The van der Waals surface area contributed by atoms with Crippen molar-refractivity contribution in [2.75, 3.05) is 7.11 Å². The van der Waals surface area contributed by atoms with Gasteiger partial charge in [-0.3, -0.25) is 0 Å². The molecule has 0 radical (unpaired) electrons. The molecule has 4 heteroatoms. The van der Waals surface area contributed by atoms with E-state index < -0.39 is 9.84 Å². The molecule has 0 unspecified atom stereocenters. The van der Waals surface area contributed by atoms with Gasteiger partial charge in [0.05, 0.1) is 12.0 Å². The monoisotopic (exact) mass is 224 g/mol. The van der Waals surface area contributed by atoms with Crippen LogP contribution in [-0.2, 0) is 9.84 Å². The Bertz CT molecular complexity index is 455. The number of benzene rings is 1. The molecule has 0 amide bonds. The van der Waals surface area contributed by atoms with E-state index >= 15 is 0 Å². The molecule has 0 aliphatic heterocycles. The molecule has 0 spiro atoms. The number of rotatable bonds is 4. The minimum Gasteiger partial charge on any atom is -0.497 e. The van der Waals surface area contributed by atoms with Crippen LogP contribution in [0, 0.1) is 0 Å². The molecule has 0 saturated heterocycles. The van der Waals surface area contributed by atoms with Crippen molar-refractivity contribution in [2.45, 2.75) is 4.90 Å². The maximum absolute atomic E-state index is 11.6. The minimum absolute atomic E-state index is 0.237. The highest BCUT2D eigenvalue weighted by Gasteiger charge is 2.09. The highest BCUT2D eigenvalue weighted by Crippen LogP contribution is 2.17. The fraction of sp³-hybridized carbons (Fsp3) is 0.0909. The molecule has 0 aromatic heterocycles. The molecule has 0 aliphatic carbocycles. The van der Waals surface area contributed by atoms with E-state index in [4.69, 9.17) is 4.74 Å². The highest BCUT2D eigenvalue weighted by atomic mass is 32.2. The van der Waals surface area contributed by atoms with E-state index in [1.54, 1.807) is 12.1 Å². The van der Waals surface area contributed by atoms with Crippen molar-refractivity contribution in [3.8, 4) is 5.75 Å². The summed E-state index contributed by atoms with van der Waals surface area (Å²) in [5, 5.41) is 1.11. The second-order valence-corrected chi connectivity index (χ2v) is 4.62. The number of ether oxygens (including phenoxy) is 1. The molecule has 0 aliphatic rings. The van der Waals surface area contributed by atoms with Gasteiger partial charge in [0.1, 0.15) is 5.75 Å². The topological polar surface area (TPSA) is 43.4 Å². The summed E-state index contributed by atoms with van der Waals surface area (Å²) >= 11 is 0. The fourth-order valence-corrected chi connectivity index (χ4v) is 1.99. The van der Waals surface area contributed by atoms with Crippen LogP contribution in [0.4, 0.5) is 0 Å². The number of allylic oxidation sites excluding steroid dienone is 2. The summed E-state index contributed by atoms with van der Waals surface area (Å²) in [5.74, 6) is 0.627. The third-order valence-electron chi connectivity index (χ3n) is 1.78. The zero-order valence-electron chi connectivity index (χ0n) is 8.38. The molecule has 15 heavy (non-hydrogen) atoms. The third kappa shape index (κ3) is 2.95. The first-order chi connectivity index (χ1) is 7.10. The Kier molecular flexibility index (Phi) is 3.68. The number of hydrogen-bond acceptors (Lipinski definition) is 3. The lowest BCUT2D eigenvalue weighted by Crippen LogP contribution is -1.95. The summed E-state index contributed by atoms with van der Waals surface area (Å²) in [6, 6.07) is 6.21. The predicted molar refractivity (Wildman–Crippen MR) is 59.5 cm³/mol. The average molecular weight is 224 g/mol. The van der Waals surface area contributed by atoms with Gasteiger partial charge in [-0.15, -0.1) is 0 Å². The standard InChI is InChI=1S/C11H12O3S/c1-3-4-9-15(12,13)11-7-5-10(14-2)6-8-11/h3-9H,1H2,2H3/b9-4+. The summed E-state index contributed by atoms with van der Waals surface area (Å²) in [6.07, 6.45) is 2.81. The highest BCUT2D eigenvalue weighted by molar-refractivity contribution is 7.94. The van der Waals surface area contributed by atoms with Crippen molar-refractivity contribution in [3.05, 3.63) is 48.4 Å². The molecule has 1 aromatic carbocycles. The first-order valence-corrected chi connectivity index (χ1v) is 5.83. The Balaban J connectivity index is 3.06. The van der Waals surface area contributed by atoms with Crippen molar-refractivity contribution in [1.29, 1.82) is 0 Å². The van der Waals surface area contributed by atoms with Crippen LogP contribution in [-0.4, -0.2) is 15.5 Å². The Morgan fingerprint density at radius 2 is 1.87 bits per heavy atom. The summed E-state index contributed by atoms with van der Waals surface area (Å²) < 4.78 is 28.2. The largest absolute Gasteiger partial charge is 0.497 e. The fourth-order valence-electron chi connectivity index (χ4n) is 1.00. The number of methoxy groups -OCH3 is 1. The van der Waals surface area contributed by atoms with E-state index in [1.165, 1.54) is 31.4 Å². The zero-order valence-corrected chi connectivity index (χ0v) is 9.20. The molecule has 80 valence electrons. The van der Waals surface area contributed by atoms with E-state index in [-0.39, 0.29) is 4.90 Å². The van der Waals surface area contributed by atoms with Crippen molar-refractivity contribution in [1.82, 2.24) is 0 Å². The second kappa shape index (κ2) is 4.79. The maximum atomic E-state index is 11.6. The Morgan fingerprint density at radius 3 is 2.33 bits per heavy atom. The Labute approximate surface area is 89.6 Å². The zero-order chi connectivity index (χ0) is 11.3. The van der Waals surface area contributed by atoms with E-state index in [0.29, 0.717) is 5.75 Å². The first-order valence-electron chi connectivity index (χ1n) is 4.28. The molecular formula is C11H12O3S. The summed E-state index contributed by atoms with van der Waals surface area (Å²) in [7, 11) is -1.83. The lowest BCUT2D eigenvalue weighted by Gasteiger charge is -2.01. The summed E-state index contributed by atoms with van der Waals surface area (Å²) in [6.45, 7) is 3.41. The maximum Gasteiger partial charge on any atom is 0.199 e. The van der Waals surface area contributed by atoms with Crippen LogP contribution >= 0.6 is 0 Å². The van der Waals surface area contributed by atoms with Crippen molar-refractivity contribution < 1.29 is 13.2 Å². The lowest BCUT2D eigenvalue weighted by molar-refractivity contribution is 0.414. The van der Waals surface area contributed by atoms with Crippen molar-refractivity contribution >= 4 is 9.84 Å². The quantitative estimate of drug-likeness (QED) is 0.736. The molecule has 0 N–H and O–H groups in total. The van der Waals surface area contributed by atoms with Gasteiger partial charge in [-0.2, -0.15) is 0 Å². The van der Waals surface area contributed by atoms with Gasteiger partial charge in [-0.05, 0) is 24.3 Å². The lowest BCUT2D eigenvalue weighted by atomic mass is 10.3.